The molecule has 0 atom stereocenters. The smallest absolute Gasteiger partial charge is 0.356 e. The third-order valence-electron chi connectivity index (χ3n) is 3.55. The van der Waals surface area contributed by atoms with Crippen LogP contribution in [0.2, 0.25) is 5.02 Å². The summed E-state index contributed by atoms with van der Waals surface area (Å²) in [4.78, 5) is 24.1. The van der Waals surface area contributed by atoms with E-state index in [4.69, 9.17) is 11.6 Å². The Morgan fingerprint density at radius 2 is 2.17 bits per heavy atom. The minimum absolute atomic E-state index is 0.0854. The first-order chi connectivity index (χ1) is 11.6. The summed E-state index contributed by atoms with van der Waals surface area (Å²) in [6, 6.07) is 8.84. The van der Waals surface area contributed by atoms with Crippen molar-refractivity contribution in [3.63, 3.8) is 0 Å². The Labute approximate surface area is 140 Å². The van der Waals surface area contributed by atoms with E-state index in [9.17, 15) is 9.90 Å². The van der Waals surface area contributed by atoms with Crippen molar-refractivity contribution in [2.24, 2.45) is 0 Å². The van der Waals surface area contributed by atoms with Crippen LogP contribution in [-0.2, 0) is 0 Å². The summed E-state index contributed by atoms with van der Waals surface area (Å²) in [5.74, 6) is -0.748. The number of aromatic nitrogens is 4. The summed E-state index contributed by atoms with van der Waals surface area (Å²) in [5.41, 5.74) is 2.31. The Morgan fingerprint density at radius 3 is 2.96 bits per heavy atom. The molecule has 24 heavy (non-hydrogen) atoms. The summed E-state index contributed by atoms with van der Waals surface area (Å²) >= 11 is 6.00. The Hall–Kier alpha value is -3.19. The van der Waals surface area contributed by atoms with Gasteiger partial charge in [-0.05, 0) is 24.3 Å². The average molecular weight is 340 g/mol. The molecule has 0 aliphatic rings. The van der Waals surface area contributed by atoms with E-state index in [1.54, 1.807) is 41.1 Å². The number of nitrogens with zero attached hydrogens (tertiary/aromatic N) is 4. The number of hydrogen-bond donors (Lipinski definition) is 2. The number of imidazole rings is 1. The monoisotopic (exact) mass is 339 g/mol. The molecule has 2 N–H and O–H groups in total. The lowest BCUT2D eigenvalue weighted by atomic mass is 10.3. The van der Waals surface area contributed by atoms with Crippen LogP contribution in [0.3, 0.4) is 0 Å². The van der Waals surface area contributed by atoms with E-state index in [0.717, 1.165) is 0 Å². The molecule has 0 saturated carbocycles. The number of fused-ring (bicyclic) bond motifs is 3. The molecule has 7 nitrogen and oxygen atoms in total. The molecule has 0 amide bonds. The molecule has 0 aliphatic heterocycles. The summed E-state index contributed by atoms with van der Waals surface area (Å²) in [6.45, 7) is 0. The minimum Gasteiger partial charge on any atom is -0.476 e. The lowest BCUT2D eigenvalue weighted by Crippen LogP contribution is -2.04. The highest BCUT2D eigenvalue weighted by Crippen LogP contribution is 2.27. The van der Waals surface area contributed by atoms with Crippen molar-refractivity contribution in [2.45, 2.75) is 0 Å². The van der Waals surface area contributed by atoms with Crippen LogP contribution in [0.25, 0.3) is 16.6 Å². The number of carboxylic acid groups (broad SMARTS) is 1. The number of carbonyl (C=O) groups is 1. The van der Waals surface area contributed by atoms with Crippen molar-refractivity contribution < 1.29 is 9.90 Å². The van der Waals surface area contributed by atoms with E-state index in [0.29, 0.717) is 33.1 Å². The maximum Gasteiger partial charge on any atom is 0.356 e. The van der Waals surface area contributed by atoms with Gasteiger partial charge in [-0.2, -0.15) is 0 Å². The van der Waals surface area contributed by atoms with Gasteiger partial charge in [-0.25, -0.2) is 14.8 Å². The molecule has 0 saturated heterocycles. The van der Waals surface area contributed by atoms with Crippen LogP contribution < -0.4 is 5.32 Å². The molecular weight excluding hydrogens is 330 g/mol. The zero-order valence-corrected chi connectivity index (χ0v) is 12.9. The van der Waals surface area contributed by atoms with Crippen molar-refractivity contribution >= 4 is 45.6 Å². The highest BCUT2D eigenvalue weighted by molar-refractivity contribution is 6.30. The molecule has 3 aromatic heterocycles. The normalized spacial score (nSPS) is 11.0. The molecule has 0 fully saturated rings. The summed E-state index contributed by atoms with van der Waals surface area (Å²) < 4.78 is 1.66. The standard InChI is InChI=1S/C16H10ClN5O2/c17-9-2-1-3-10(6-9)20-15-14-13(16(23)24)19-8-22(14)12-7-18-5-4-11(12)21-15/h1-8H,(H,20,21)(H,23,24). The van der Waals surface area contributed by atoms with Crippen LogP contribution >= 0.6 is 11.6 Å². The number of benzene rings is 1. The Balaban J connectivity index is 2.00. The second kappa shape index (κ2) is 5.47. The summed E-state index contributed by atoms with van der Waals surface area (Å²) in [5, 5.41) is 13.1. The van der Waals surface area contributed by atoms with E-state index in [2.05, 4.69) is 20.3 Å². The van der Waals surface area contributed by atoms with Gasteiger partial charge < -0.3 is 10.4 Å². The second-order valence-corrected chi connectivity index (χ2v) is 5.51. The number of hydrogen-bond acceptors (Lipinski definition) is 5. The van der Waals surface area contributed by atoms with Crippen LogP contribution in [0.15, 0.2) is 49.1 Å². The van der Waals surface area contributed by atoms with Crippen molar-refractivity contribution in [2.75, 3.05) is 5.32 Å². The molecule has 118 valence electrons. The predicted octanol–water partition coefficient (Wildman–Crippen LogP) is 3.37. The molecular formula is C16H10ClN5O2. The van der Waals surface area contributed by atoms with Crippen molar-refractivity contribution in [3.8, 4) is 0 Å². The maximum atomic E-state index is 11.5. The van der Waals surface area contributed by atoms with Crippen LogP contribution in [0, 0.1) is 0 Å². The number of carboxylic acids is 1. The van der Waals surface area contributed by atoms with Crippen molar-refractivity contribution in [1.82, 2.24) is 19.4 Å². The Kier molecular flexibility index (Phi) is 3.28. The molecule has 0 bridgehead atoms. The van der Waals surface area contributed by atoms with E-state index in [1.807, 2.05) is 6.07 Å². The van der Waals surface area contributed by atoms with E-state index in [-0.39, 0.29) is 5.69 Å². The van der Waals surface area contributed by atoms with Crippen molar-refractivity contribution in [3.05, 3.63) is 59.8 Å². The highest BCUT2D eigenvalue weighted by Gasteiger charge is 2.19. The van der Waals surface area contributed by atoms with Gasteiger partial charge in [-0.3, -0.25) is 9.38 Å². The molecule has 0 spiro atoms. The lowest BCUT2D eigenvalue weighted by Gasteiger charge is -2.10. The fraction of sp³-hybridized carbons (Fsp3) is 0. The molecule has 3 heterocycles. The van der Waals surface area contributed by atoms with Gasteiger partial charge in [0.15, 0.2) is 11.5 Å². The first-order valence-corrected chi connectivity index (χ1v) is 7.38. The Morgan fingerprint density at radius 1 is 1.29 bits per heavy atom. The largest absolute Gasteiger partial charge is 0.476 e. The number of pyridine rings is 1. The quantitative estimate of drug-likeness (QED) is 0.594. The Bertz CT molecular complexity index is 1090. The van der Waals surface area contributed by atoms with Gasteiger partial charge in [0, 0.05) is 16.9 Å². The summed E-state index contributed by atoms with van der Waals surface area (Å²) in [7, 11) is 0. The predicted molar refractivity (Wildman–Crippen MR) is 90.0 cm³/mol. The van der Waals surface area contributed by atoms with Gasteiger partial charge in [-0.1, -0.05) is 17.7 Å². The number of anilines is 2. The number of halogens is 1. The zero-order valence-electron chi connectivity index (χ0n) is 12.1. The van der Waals surface area contributed by atoms with Crippen molar-refractivity contribution in [1.29, 1.82) is 0 Å². The molecule has 4 aromatic rings. The average Bonchev–Trinajstić information content (AvgIpc) is 3.01. The first-order valence-electron chi connectivity index (χ1n) is 7.00. The molecule has 0 radical (unpaired) electrons. The zero-order chi connectivity index (χ0) is 16.7. The number of aromatic carboxylic acids is 1. The van der Waals surface area contributed by atoms with Gasteiger partial charge in [0.25, 0.3) is 0 Å². The molecule has 4 rings (SSSR count). The minimum atomic E-state index is -1.13. The topological polar surface area (TPSA) is 92.4 Å². The molecule has 0 unspecified atom stereocenters. The van der Waals surface area contributed by atoms with Gasteiger partial charge in [-0.15, -0.1) is 0 Å². The maximum absolute atomic E-state index is 11.5. The SMILES string of the molecule is O=C(O)c1ncn2c1c(Nc1cccc(Cl)c1)nc1ccncc12. The molecule has 8 heteroatoms. The highest BCUT2D eigenvalue weighted by atomic mass is 35.5. The number of rotatable bonds is 3. The van der Waals surface area contributed by atoms with Gasteiger partial charge in [0.2, 0.25) is 0 Å². The summed E-state index contributed by atoms with van der Waals surface area (Å²) in [6.07, 6.45) is 4.69. The fourth-order valence-corrected chi connectivity index (χ4v) is 2.73. The van der Waals surface area contributed by atoms with Gasteiger partial charge >= 0.3 is 5.97 Å². The van der Waals surface area contributed by atoms with Crippen LogP contribution in [0.4, 0.5) is 11.5 Å². The van der Waals surface area contributed by atoms with E-state index < -0.39 is 5.97 Å². The molecule has 0 aliphatic carbocycles. The van der Waals surface area contributed by atoms with Gasteiger partial charge in [0.1, 0.15) is 11.8 Å². The van der Waals surface area contributed by atoms with Crippen LogP contribution in [-0.4, -0.2) is 30.4 Å². The third kappa shape index (κ3) is 2.31. The van der Waals surface area contributed by atoms with Crippen LogP contribution in [0.5, 0.6) is 0 Å². The van der Waals surface area contributed by atoms with Gasteiger partial charge in [0.05, 0.1) is 17.2 Å². The number of nitrogens with one attached hydrogen (secondary N) is 1. The van der Waals surface area contributed by atoms with E-state index in [1.165, 1.54) is 6.33 Å². The van der Waals surface area contributed by atoms with E-state index >= 15 is 0 Å². The third-order valence-corrected chi connectivity index (χ3v) is 3.79. The second-order valence-electron chi connectivity index (χ2n) is 5.08. The fourth-order valence-electron chi connectivity index (χ4n) is 2.54. The molecule has 1 aromatic carbocycles. The first kappa shape index (κ1) is 14.4. The van der Waals surface area contributed by atoms with Crippen LogP contribution in [0.1, 0.15) is 10.5 Å². The lowest BCUT2D eigenvalue weighted by molar-refractivity contribution is 0.0693.